The summed E-state index contributed by atoms with van der Waals surface area (Å²) in [7, 11) is 0. The zero-order valence-electron chi connectivity index (χ0n) is 15.6. The lowest BCUT2D eigenvalue weighted by molar-refractivity contribution is 0.134. The number of urea groups is 1. The molecule has 2 heterocycles. The van der Waals surface area contributed by atoms with Crippen LogP contribution in [0.15, 0.2) is 17.5 Å². The first-order valence-electron chi connectivity index (χ1n) is 9.31. The van der Waals surface area contributed by atoms with E-state index in [2.05, 4.69) is 48.5 Å². The van der Waals surface area contributed by atoms with Crippen LogP contribution in [-0.2, 0) is 0 Å². The lowest BCUT2D eigenvalue weighted by Crippen LogP contribution is -2.46. The number of nitrogens with one attached hydrogen (secondary N) is 1. The van der Waals surface area contributed by atoms with Crippen molar-refractivity contribution in [2.75, 3.05) is 32.7 Å². The molecule has 1 atom stereocenters. The molecule has 1 saturated heterocycles. The molecule has 0 spiro atoms. The average molecular weight is 352 g/mol. The summed E-state index contributed by atoms with van der Waals surface area (Å²) in [6.45, 7) is 13.2. The molecule has 1 aliphatic rings. The number of rotatable bonds is 7. The van der Waals surface area contributed by atoms with Gasteiger partial charge < -0.3 is 10.2 Å². The molecule has 1 aliphatic heterocycles. The smallest absolute Gasteiger partial charge is 0.317 e. The third-order valence-corrected chi connectivity index (χ3v) is 5.81. The summed E-state index contributed by atoms with van der Waals surface area (Å²) in [5, 5.41) is 5.32. The summed E-state index contributed by atoms with van der Waals surface area (Å²) >= 11 is 1.80. The quantitative estimate of drug-likeness (QED) is 0.799. The Morgan fingerprint density at radius 1 is 1.42 bits per heavy atom. The van der Waals surface area contributed by atoms with Crippen molar-refractivity contribution in [2.45, 2.75) is 46.6 Å². The average Bonchev–Trinajstić information content (AvgIpc) is 3.08. The highest BCUT2D eigenvalue weighted by atomic mass is 32.1. The molecule has 2 rings (SSSR count). The van der Waals surface area contributed by atoms with Crippen LogP contribution in [0.5, 0.6) is 0 Å². The highest BCUT2D eigenvalue weighted by Gasteiger charge is 2.26. The zero-order valence-corrected chi connectivity index (χ0v) is 16.4. The molecule has 5 heteroatoms. The van der Waals surface area contributed by atoms with E-state index in [4.69, 9.17) is 0 Å². The van der Waals surface area contributed by atoms with Crippen LogP contribution in [0.1, 0.15) is 51.5 Å². The molecule has 136 valence electrons. The van der Waals surface area contributed by atoms with Crippen LogP contribution in [0.25, 0.3) is 0 Å². The molecule has 0 aliphatic carbocycles. The summed E-state index contributed by atoms with van der Waals surface area (Å²) in [4.78, 5) is 18.3. The van der Waals surface area contributed by atoms with Crippen molar-refractivity contribution >= 4 is 17.4 Å². The van der Waals surface area contributed by atoms with Crippen molar-refractivity contribution in [3.63, 3.8) is 0 Å². The second-order valence-electron chi connectivity index (χ2n) is 7.37. The molecule has 2 amide bonds. The number of carbonyl (C=O) groups excluding carboxylic acids is 1. The van der Waals surface area contributed by atoms with Gasteiger partial charge in [0.2, 0.25) is 0 Å². The lowest BCUT2D eigenvalue weighted by Gasteiger charge is -2.36. The van der Waals surface area contributed by atoms with Crippen molar-refractivity contribution in [2.24, 2.45) is 11.8 Å². The van der Waals surface area contributed by atoms with Crippen LogP contribution in [0.4, 0.5) is 4.79 Å². The summed E-state index contributed by atoms with van der Waals surface area (Å²) < 4.78 is 0. The minimum absolute atomic E-state index is 0.0677. The molecule has 1 N–H and O–H groups in total. The van der Waals surface area contributed by atoms with E-state index in [-0.39, 0.29) is 6.03 Å². The Bertz CT molecular complexity index is 481. The monoisotopic (exact) mass is 351 g/mol. The maximum atomic E-state index is 12.5. The highest BCUT2D eigenvalue weighted by Crippen LogP contribution is 2.29. The van der Waals surface area contributed by atoms with E-state index in [0.717, 1.165) is 32.1 Å². The largest absolute Gasteiger partial charge is 0.336 e. The lowest BCUT2D eigenvalue weighted by atomic mass is 9.97. The van der Waals surface area contributed by atoms with Gasteiger partial charge in [-0.15, -0.1) is 11.3 Å². The maximum absolute atomic E-state index is 12.5. The molecule has 0 radical (unpaired) electrons. The number of nitrogens with zero attached hydrogens (tertiary/aromatic N) is 2. The van der Waals surface area contributed by atoms with Crippen molar-refractivity contribution in [1.29, 1.82) is 0 Å². The number of hydrogen-bond donors (Lipinski definition) is 1. The van der Waals surface area contributed by atoms with Gasteiger partial charge in [0.05, 0.1) is 6.04 Å². The molecule has 0 aromatic carbocycles. The van der Waals surface area contributed by atoms with Crippen molar-refractivity contribution in [3.8, 4) is 0 Å². The van der Waals surface area contributed by atoms with Gasteiger partial charge in [-0.1, -0.05) is 26.8 Å². The van der Waals surface area contributed by atoms with E-state index < -0.39 is 0 Å². The predicted molar refractivity (Wildman–Crippen MR) is 103 cm³/mol. The molecule has 0 bridgehead atoms. The van der Waals surface area contributed by atoms with Crippen molar-refractivity contribution in [1.82, 2.24) is 15.1 Å². The minimum Gasteiger partial charge on any atom is -0.336 e. The fourth-order valence-corrected chi connectivity index (χ4v) is 4.18. The minimum atomic E-state index is 0.0677. The van der Waals surface area contributed by atoms with Crippen LogP contribution in [0.3, 0.4) is 0 Å². The van der Waals surface area contributed by atoms with Crippen LogP contribution in [0, 0.1) is 11.8 Å². The molecular formula is C19H33N3OS. The Balaban J connectivity index is 1.97. The summed E-state index contributed by atoms with van der Waals surface area (Å²) in [6, 6.07) is 4.68. The van der Waals surface area contributed by atoms with Crippen molar-refractivity contribution < 1.29 is 4.79 Å². The first kappa shape index (κ1) is 19.3. The van der Waals surface area contributed by atoms with Crippen LogP contribution in [0.2, 0.25) is 0 Å². The number of amides is 2. The number of thiophene rings is 1. The molecule has 24 heavy (non-hydrogen) atoms. The molecule has 0 saturated carbocycles. The Labute approximate surface area is 151 Å². The van der Waals surface area contributed by atoms with Gasteiger partial charge in [-0.2, -0.15) is 0 Å². The summed E-state index contributed by atoms with van der Waals surface area (Å²) in [5.74, 6) is 1.31. The second-order valence-corrected chi connectivity index (χ2v) is 8.35. The Hall–Kier alpha value is -1.07. The fourth-order valence-electron chi connectivity index (χ4n) is 3.32. The molecule has 1 unspecified atom stereocenters. The van der Waals surface area contributed by atoms with E-state index in [1.165, 1.54) is 17.7 Å². The highest BCUT2D eigenvalue weighted by molar-refractivity contribution is 7.10. The predicted octanol–water partition coefficient (Wildman–Crippen LogP) is 4.21. The topological polar surface area (TPSA) is 35.6 Å². The molecule has 4 nitrogen and oxygen atoms in total. The Morgan fingerprint density at radius 3 is 2.67 bits per heavy atom. The van der Waals surface area contributed by atoms with E-state index in [1.54, 1.807) is 11.3 Å². The van der Waals surface area contributed by atoms with Gasteiger partial charge in [-0.25, -0.2) is 4.79 Å². The molecule has 1 aromatic rings. The Kier molecular flexibility index (Phi) is 7.56. The van der Waals surface area contributed by atoms with E-state index in [1.807, 2.05) is 11.8 Å². The number of likely N-dealkylation sites (tertiary alicyclic amines) is 1. The third kappa shape index (κ3) is 5.49. The summed E-state index contributed by atoms with van der Waals surface area (Å²) in [6.07, 6.45) is 2.51. The first-order chi connectivity index (χ1) is 11.5. The normalized spacial score (nSPS) is 17.9. The van der Waals surface area contributed by atoms with Gasteiger partial charge in [0, 0.05) is 24.5 Å². The van der Waals surface area contributed by atoms with E-state index >= 15 is 0 Å². The number of carbonyl (C=O) groups is 1. The van der Waals surface area contributed by atoms with E-state index in [0.29, 0.717) is 18.5 Å². The molecule has 1 fully saturated rings. The van der Waals surface area contributed by atoms with Crippen LogP contribution >= 0.6 is 11.3 Å². The van der Waals surface area contributed by atoms with E-state index in [9.17, 15) is 4.79 Å². The van der Waals surface area contributed by atoms with Gasteiger partial charge in [-0.3, -0.25) is 4.90 Å². The zero-order chi connectivity index (χ0) is 17.5. The van der Waals surface area contributed by atoms with Gasteiger partial charge in [0.15, 0.2) is 0 Å². The van der Waals surface area contributed by atoms with Gasteiger partial charge in [-0.05, 0) is 56.1 Å². The van der Waals surface area contributed by atoms with Gasteiger partial charge in [0.25, 0.3) is 0 Å². The van der Waals surface area contributed by atoms with Crippen LogP contribution < -0.4 is 5.32 Å². The maximum Gasteiger partial charge on any atom is 0.317 e. The second kappa shape index (κ2) is 9.42. The third-order valence-electron chi connectivity index (χ3n) is 4.83. The van der Waals surface area contributed by atoms with Crippen molar-refractivity contribution in [3.05, 3.63) is 22.4 Å². The molecular weight excluding hydrogens is 318 g/mol. The SMILES string of the molecule is CCN(CC(C)C)C(=O)NCC(c1cccs1)N1CCC(C)CC1. The standard InChI is InChI=1S/C19H33N3OS/c1-5-21(14-15(2)3)19(23)20-13-17(18-7-6-12-24-18)22-10-8-16(4)9-11-22/h6-7,12,15-17H,5,8-11,13-14H2,1-4H3,(H,20,23). The molecule has 1 aromatic heterocycles. The summed E-state index contributed by atoms with van der Waals surface area (Å²) in [5.41, 5.74) is 0. The van der Waals surface area contributed by atoms with Gasteiger partial charge >= 0.3 is 6.03 Å². The number of hydrogen-bond acceptors (Lipinski definition) is 3. The van der Waals surface area contributed by atoms with Crippen LogP contribution in [-0.4, -0.2) is 48.6 Å². The fraction of sp³-hybridized carbons (Fsp3) is 0.737. The number of piperidine rings is 1. The van der Waals surface area contributed by atoms with Gasteiger partial charge in [0.1, 0.15) is 0 Å². The Morgan fingerprint density at radius 2 is 2.12 bits per heavy atom. The first-order valence-corrected chi connectivity index (χ1v) is 10.2.